The lowest BCUT2D eigenvalue weighted by Crippen LogP contribution is -2.41. The fourth-order valence-corrected chi connectivity index (χ4v) is 4.71. The third-order valence-electron chi connectivity index (χ3n) is 5.29. The van der Waals surface area contributed by atoms with Crippen LogP contribution in [0, 0.1) is 12.8 Å². The maximum atomic E-state index is 13.0. The van der Waals surface area contributed by atoms with E-state index in [0.29, 0.717) is 16.3 Å². The van der Waals surface area contributed by atoms with Crippen LogP contribution in [0.5, 0.6) is 0 Å². The van der Waals surface area contributed by atoms with Crippen LogP contribution in [0.25, 0.3) is 11.3 Å². The van der Waals surface area contributed by atoms with Crippen LogP contribution in [0.3, 0.4) is 0 Å². The van der Waals surface area contributed by atoms with Crippen LogP contribution in [0.4, 0.5) is 13.2 Å². The van der Waals surface area contributed by atoms with Gasteiger partial charge in [0, 0.05) is 42.9 Å². The summed E-state index contributed by atoms with van der Waals surface area (Å²) in [5.41, 5.74) is 1.52. The lowest BCUT2D eigenvalue weighted by molar-refractivity contribution is -0.145. The Kier molecular flexibility index (Phi) is 9.25. The number of nitrogens with zero attached hydrogens (tertiary/aromatic N) is 5. The van der Waals surface area contributed by atoms with Crippen LogP contribution in [-0.2, 0) is 17.5 Å². The quantitative estimate of drug-likeness (QED) is 0.351. The zero-order valence-corrected chi connectivity index (χ0v) is 20.7. The molecule has 3 aromatic heterocycles. The van der Waals surface area contributed by atoms with Gasteiger partial charge in [-0.15, -0.1) is 12.8 Å². The number of rotatable bonds is 6. The molecule has 4 heterocycles. The first kappa shape index (κ1) is 27.4. The summed E-state index contributed by atoms with van der Waals surface area (Å²) in [5.74, 6) is -1.32. The first-order valence-electron chi connectivity index (χ1n) is 10.7. The first-order valence-corrected chi connectivity index (χ1v) is 11.9. The molecule has 1 amide bonds. The van der Waals surface area contributed by atoms with Crippen molar-refractivity contribution in [2.45, 2.75) is 49.6 Å². The fourth-order valence-electron chi connectivity index (χ4n) is 3.54. The van der Waals surface area contributed by atoms with Crippen molar-refractivity contribution in [3.05, 3.63) is 65.5 Å². The Bertz CT molecular complexity index is 1190. The van der Waals surface area contributed by atoms with Crippen molar-refractivity contribution >= 4 is 29.5 Å². The summed E-state index contributed by atoms with van der Waals surface area (Å²) in [4.78, 5) is 28.2. The average molecular weight is 535 g/mol. The summed E-state index contributed by atoms with van der Waals surface area (Å²) in [6.07, 6.45) is 10.3. The third-order valence-corrected chi connectivity index (χ3v) is 6.77. The average Bonchev–Trinajstić information content (AvgIpc) is 3.25. The predicted octanol–water partition coefficient (Wildman–Crippen LogP) is 5.03. The van der Waals surface area contributed by atoms with Crippen LogP contribution in [0.1, 0.15) is 31.2 Å². The highest BCUT2D eigenvalue weighted by Gasteiger charge is 2.37. The van der Waals surface area contributed by atoms with Gasteiger partial charge in [0.05, 0.1) is 16.8 Å². The molecule has 12 heteroatoms. The molecule has 1 saturated heterocycles. The van der Waals surface area contributed by atoms with E-state index in [0.717, 1.165) is 35.8 Å². The molecule has 1 N–H and O–H groups in total. The Labute approximate surface area is 216 Å². The number of pyridine rings is 2. The molecule has 1 aliphatic rings. The minimum Gasteiger partial charge on any atom is -0.351 e. The summed E-state index contributed by atoms with van der Waals surface area (Å²) < 4.78 is 40.1. The zero-order chi connectivity index (χ0) is 26.3. The van der Waals surface area contributed by atoms with E-state index < -0.39 is 12.0 Å². The van der Waals surface area contributed by atoms with Crippen molar-refractivity contribution in [1.82, 2.24) is 29.6 Å². The van der Waals surface area contributed by atoms with Gasteiger partial charge in [-0.05, 0) is 61.5 Å². The molecule has 0 spiro atoms. The van der Waals surface area contributed by atoms with Crippen LogP contribution < -0.4 is 5.32 Å². The molecule has 0 radical (unpaired) electrons. The monoisotopic (exact) mass is 534 g/mol. The standard InChI is InChI=1S/C22H20ClF3N6OS.C2H2/c1-13-2-4-18(32(13)34-19-5-3-16(23)12-28-19)20(33)29-9-14-6-7-27-17(8-14)15-10-30-21(31-11-15)22(24,25)26;1-2/h3,5-8,10-13,18H,2,4,9H2,1H3,(H,29,33);1-2H/t13-,18-;/m0./s1. The Morgan fingerprint density at radius 2 is 1.86 bits per heavy atom. The topological polar surface area (TPSA) is 83.9 Å². The lowest BCUT2D eigenvalue weighted by atomic mass is 10.1. The van der Waals surface area contributed by atoms with Crippen molar-refractivity contribution in [2.75, 3.05) is 0 Å². The molecule has 7 nitrogen and oxygen atoms in total. The van der Waals surface area contributed by atoms with Crippen LogP contribution in [0.2, 0.25) is 5.02 Å². The van der Waals surface area contributed by atoms with E-state index in [1.807, 2.05) is 10.4 Å². The number of aromatic nitrogens is 4. The molecular weight excluding hydrogens is 513 g/mol. The Morgan fingerprint density at radius 1 is 1.14 bits per heavy atom. The SMILES string of the molecule is C#C.C[C@H]1CC[C@@H](C(=O)NCc2ccnc(-c3cnc(C(F)(F)F)nc3)c2)N1Sc1ccc(Cl)cn1. The first-order chi connectivity index (χ1) is 17.2. The Balaban J connectivity index is 0.00000176. The minimum atomic E-state index is -4.61. The fraction of sp³-hybridized carbons (Fsp3) is 0.292. The second kappa shape index (κ2) is 12.2. The normalized spacial score (nSPS) is 17.8. The molecule has 2 atom stereocenters. The van der Waals surface area contributed by atoms with Gasteiger partial charge in [0.15, 0.2) is 0 Å². The van der Waals surface area contributed by atoms with Crippen molar-refractivity contribution in [1.29, 1.82) is 0 Å². The number of alkyl halides is 3. The molecule has 4 rings (SSSR count). The Morgan fingerprint density at radius 3 is 2.50 bits per heavy atom. The number of carbonyl (C=O) groups is 1. The lowest BCUT2D eigenvalue weighted by Gasteiger charge is -2.25. The van der Waals surface area contributed by atoms with Gasteiger partial charge in [-0.3, -0.25) is 9.78 Å². The van der Waals surface area contributed by atoms with Crippen LogP contribution in [-0.4, -0.2) is 42.2 Å². The second-order valence-electron chi connectivity index (χ2n) is 7.77. The van der Waals surface area contributed by atoms with Gasteiger partial charge in [-0.25, -0.2) is 19.3 Å². The second-order valence-corrected chi connectivity index (χ2v) is 9.23. The summed E-state index contributed by atoms with van der Waals surface area (Å²) in [6, 6.07) is 6.88. The van der Waals surface area contributed by atoms with Gasteiger partial charge in [0.1, 0.15) is 5.03 Å². The third kappa shape index (κ3) is 6.94. The number of amides is 1. The number of nitrogens with one attached hydrogen (secondary N) is 1. The number of hydrogen-bond acceptors (Lipinski definition) is 7. The number of carbonyl (C=O) groups excluding carboxylic acids is 1. The van der Waals surface area contributed by atoms with Crippen molar-refractivity contribution < 1.29 is 18.0 Å². The molecule has 1 fully saturated rings. The van der Waals surface area contributed by atoms with Crippen LogP contribution >= 0.6 is 23.5 Å². The molecule has 1 aliphatic heterocycles. The predicted molar refractivity (Wildman–Crippen MR) is 131 cm³/mol. The van der Waals surface area contributed by atoms with Crippen molar-refractivity contribution in [3.8, 4) is 24.1 Å². The van der Waals surface area contributed by atoms with Gasteiger partial charge in [0.25, 0.3) is 0 Å². The smallest absolute Gasteiger partial charge is 0.351 e. The van der Waals surface area contributed by atoms with E-state index in [9.17, 15) is 18.0 Å². The van der Waals surface area contributed by atoms with Crippen molar-refractivity contribution in [3.63, 3.8) is 0 Å². The molecule has 0 bridgehead atoms. The van der Waals surface area contributed by atoms with Gasteiger partial charge in [0.2, 0.25) is 11.7 Å². The highest BCUT2D eigenvalue weighted by Crippen LogP contribution is 2.35. The molecule has 188 valence electrons. The number of terminal acetylenes is 1. The molecule has 0 saturated carbocycles. The van der Waals surface area contributed by atoms with Gasteiger partial charge < -0.3 is 5.32 Å². The van der Waals surface area contributed by atoms with Gasteiger partial charge in [-0.2, -0.15) is 13.2 Å². The van der Waals surface area contributed by atoms with E-state index in [1.165, 1.54) is 18.1 Å². The molecule has 36 heavy (non-hydrogen) atoms. The maximum absolute atomic E-state index is 13.0. The molecule has 3 aromatic rings. The molecule has 0 unspecified atom stereocenters. The van der Waals surface area contributed by atoms with Gasteiger partial charge >= 0.3 is 6.18 Å². The molecule has 0 aromatic carbocycles. The van der Waals surface area contributed by atoms with Crippen LogP contribution in [0.15, 0.2) is 54.1 Å². The van der Waals surface area contributed by atoms with E-state index in [-0.39, 0.29) is 24.5 Å². The molecule has 0 aliphatic carbocycles. The summed E-state index contributed by atoms with van der Waals surface area (Å²) in [7, 11) is 0. The van der Waals surface area contributed by atoms with Crippen molar-refractivity contribution in [2.24, 2.45) is 0 Å². The van der Waals surface area contributed by atoms with E-state index in [2.05, 4.69) is 45.0 Å². The number of hydrogen-bond donors (Lipinski definition) is 1. The van der Waals surface area contributed by atoms with E-state index in [4.69, 9.17) is 11.6 Å². The van der Waals surface area contributed by atoms with E-state index in [1.54, 1.807) is 24.4 Å². The summed E-state index contributed by atoms with van der Waals surface area (Å²) in [6.45, 7) is 2.32. The summed E-state index contributed by atoms with van der Waals surface area (Å²) in [5, 5.41) is 4.26. The highest BCUT2D eigenvalue weighted by atomic mass is 35.5. The minimum absolute atomic E-state index is 0.109. The summed E-state index contributed by atoms with van der Waals surface area (Å²) >= 11 is 7.33. The zero-order valence-electron chi connectivity index (χ0n) is 19.1. The molecular formula is C24H22ClF3N6OS. The Hall–Kier alpha value is -3.20. The van der Waals surface area contributed by atoms with E-state index >= 15 is 0 Å². The largest absolute Gasteiger partial charge is 0.451 e. The highest BCUT2D eigenvalue weighted by molar-refractivity contribution is 7.97. The maximum Gasteiger partial charge on any atom is 0.451 e. The number of halogens is 4. The van der Waals surface area contributed by atoms with Gasteiger partial charge in [-0.1, -0.05) is 11.6 Å².